The van der Waals surface area contributed by atoms with Gasteiger partial charge in [0.1, 0.15) is 0 Å². The summed E-state index contributed by atoms with van der Waals surface area (Å²) in [6, 6.07) is 0.373. The van der Waals surface area contributed by atoms with E-state index in [-0.39, 0.29) is 5.97 Å². The number of carbonyl (C=O) groups excluding carboxylic acids is 1. The third-order valence-corrected chi connectivity index (χ3v) is 3.65. The van der Waals surface area contributed by atoms with Crippen LogP contribution < -0.4 is 0 Å². The van der Waals surface area contributed by atoms with E-state index in [2.05, 4.69) is 23.8 Å². The van der Waals surface area contributed by atoms with Crippen molar-refractivity contribution in [3.05, 3.63) is 0 Å². The van der Waals surface area contributed by atoms with Gasteiger partial charge in [0.05, 0.1) is 13.0 Å². The Kier molecular flexibility index (Phi) is 7.28. The SMILES string of the molecule is CCCCC(CC(=O)OCC)N1CCN(C)CC1. The number of unbranched alkanes of at least 4 members (excludes halogenated alkanes) is 1. The van der Waals surface area contributed by atoms with Crippen molar-refractivity contribution in [3.63, 3.8) is 0 Å². The van der Waals surface area contributed by atoms with Crippen LogP contribution in [0.15, 0.2) is 0 Å². The van der Waals surface area contributed by atoms with Gasteiger partial charge in [0, 0.05) is 32.2 Å². The number of nitrogens with zero attached hydrogens (tertiary/aromatic N) is 2. The summed E-state index contributed by atoms with van der Waals surface area (Å²) in [6.45, 7) is 8.91. The second-order valence-corrected chi connectivity index (χ2v) is 5.14. The smallest absolute Gasteiger partial charge is 0.307 e. The van der Waals surface area contributed by atoms with Crippen molar-refractivity contribution >= 4 is 5.97 Å². The van der Waals surface area contributed by atoms with Gasteiger partial charge in [0.25, 0.3) is 0 Å². The van der Waals surface area contributed by atoms with Crippen molar-refractivity contribution in [1.29, 1.82) is 0 Å². The molecule has 1 saturated heterocycles. The maximum atomic E-state index is 11.7. The molecule has 18 heavy (non-hydrogen) atoms. The molecule has 106 valence electrons. The van der Waals surface area contributed by atoms with Crippen molar-refractivity contribution in [2.45, 2.75) is 45.6 Å². The lowest BCUT2D eigenvalue weighted by Crippen LogP contribution is -2.49. The van der Waals surface area contributed by atoms with Crippen LogP contribution in [0, 0.1) is 0 Å². The number of piperazine rings is 1. The Morgan fingerprint density at radius 2 is 1.89 bits per heavy atom. The van der Waals surface area contributed by atoms with Gasteiger partial charge < -0.3 is 9.64 Å². The molecule has 0 bridgehead atoms. The number of hydrogen-bond acceptors (Lipinski definition) is 4. The van der Waals surface area contributed by atoms with E-state index in [1.54, 1.807) is 0 Å². The van der Waals surface area contributed by atoms with Gasteiger partial charge in [-0.3, -0.25) is 9.69 Å². The van der Waals surface area contributed by atoms with Gasteiger partial charge in [-0.1, -0.05) is 19.8 Å². The molecule has 0 N–H and O–H groups in total. The molecule has 1 aliphatic rings. The number of likely N-dealkylation sites (N-methyl/N-ethyl adjacent to an activating group) is 1. The molecule has 0 spiro atoms. The Bertz CT molecular complexity index is 238. The lowest BCUT2D eigenvalue weighted by Gasteiger charge is -2.37. The predicted octanol–water partition coefficient (Wildman–Crippen LogP) is 1.75. The van der Waals surface area contributed by atoms with Crippen LogP contribution in [-0.2, 0) is 9.53 Å². The monoisotopic (exact) mass is 256 g/mol. The zero-order valence-corrected chi connectivity index (χ0v) is 12.2. The zero-order chi connectivity index (χ0) is 13.4. The second-order valence-electron chi connectivity index (χ2n) is 5.14. The Morgan fingerprint density at radius 1 is 1.22 bits per heavy atom. The Morgan fingerprint density at radius 3 is 2.44 bits per heavy atom. The van der Waals surface area contributed by atoms with Crippen molar-refractivity contribution in [2.75, 3.05) is 39.8 Å². The highest BCUT2D eigenvalue weighted by atomic mass is 16.5. The normalized spacial score (nSPS) is 19.7. The first-order valence-electron chi connectivity index (χ1n) is 7.25. The van der Waals surface area contributed by atoms with Gasteiger partial charge in [0.2, 0.25) is 0 Å². The average molecular weight is 256 g/mol. The summed E-state index contributed by atoms with van der Waals surface area (Å²) < 4.78 is 5.09. The van der Waals surface area contributed by atoms with E-state index in [1.807, 2.05) is 6.92 Å². The molecule has 0 aromatic carbocycles. The minimum absolute atomic E-state index is 0.0440. The van der Waals surface area contributed by atoms with Crippen LogP contribution in [0.1, 0.15) is 39.5 Å². The standard InChI is InChI=1S/C14H28N2O2/c1-4-6-7-13(12-14(17)18-5-2)16-10-8-15(3)9-11-16/h13H,4-12H2,1-3H3. The van der Waals surface area contributed by atoms with E-state index in [0.29, 0.717) is 19.1 Å². The fourth-order valence-corrected chi connectivity index (χ4v) is 2.45. The van der Waals surface area contributed by atoms with Crippen LogP contribution in [0.5, 0.6) is 0 Å². The minimum atomic E-state index is -0.0440. The van der Waals surface area contributed by atoms with Crippen LogP contribution in [0.4, 0.5) is 0 Å². The lowest BCUT2D eigenvalue weighted by atomic mass is 10.0. The van der Waals surface area contributed by atoms with Crippen molar-refractivity contribution in [2.24, 2.45) is 0 Å². The zero-order valence-electron chi connectivity index (χ0n) is 12.2. The largest absolute Gasteiger partial charge is 0.466 e. The first kappa shape index (κ1) is 15.4. The average Bonchev–Trinajstić information content (AvgIpc) is 2.36. The van der Waals surface area contributed by atoms with Crippen molar-refractivity contribution in [3.8, 4) is 0 Å². The third-order valence-electron chi connectivity index (χ3n) is 3.65. The Balaban J connectivity index is 2.46. The number of esters is 1. The summed E-state index contributed by atoms with van der Waals surface area (Å²) in [5.41, 5.74) is 0. The van der Waals surface area contributed by atoms with E-state index in [1.165, 1.54) is 12.8 Å². The highest BCUT2D eigenvalue weighted by Crippen LogP contribution is 2.15. The molecule has 0 aliphatic carbocycles. The molecular formula is C14H28N2O2. The Labute approximate surface area is 111 Å². The van der Waals surface area contributed by atoms with Crippen molar-refractivity contribution < 1.29 is 9.53 Å². The first-order valence-corrected chi connectivity index (χ1v) is 7.25. The molecule has 0 saturated carbocycles. The lowest BCUT2D eigenvalue weighted by molar-refractivity contribution is -0.144. The summed E-state index contributed by atoms with van der Waals surface area (Å²) in [4.78, 5) is 16.5. The Hall–Kier alpha value is -0.610. The number of hydrogen-bond donors (Lipinski definition) is 0. The third kappa shape index (κ3) is 5.36. The maximum Gasteiger partial charge on any atom is 0.307 e. The second kappa shape index (κ2) is 8.48. The molecule has 0 amide bonds. The van der Waals surface area contributed by atoms with E-state index in [0.717, 1.165) is 32.6 Å². The quantitative estimate of drug-likeness (QED) is 0.650. The van der Waals surface area contributed by atoms with Gasteiger partial charge in [-0.15, -0.1) is 0 Å². The van der Waals surface area contributed by atoms with Crippen molar-refractivity contribution in [1.82, 2.24) is 9.80 Å². The summed E-state index contributed by atoms with van der Waals surface area (Å²) in [7, 11) is 2.16. The molecular weight excluding hydrogens is 228 g/mol. The van der Waals surface area contributed by atoms with Crippen LogP contribution >= 0.6 is 0 Å². The first-order chi connectivity index (χ1) is 8.67. The predicted molar refractivity (Wildman–Crippen MR) is 73.6 cm³/mol. The van der Waals surface area contributed by atoms with Gasteiger partial charge in [0.15, 0.2) is 0 Å². The molecule has 4 heteroatoms. The fourth-order valence-electron chi connectivity index (χ4n) is 2.45. The summed E-state index contributed by atoms with van der Waals surface area (Å²) in [6.07, 6.45) is 4.04. The highest BCUT2D eigenvalue weighted by molar-refractivity contribution is 5.70. The minimum Gasteiger partial charge on any atom is -0.466 e. The van der Waals surface area contributed by atoms with E-state index in [9.17, 15) is 4.79 Å². The molecule has 4 nitrogen and oxygen atoms in total. The van der Waals surface area contributed by atoms with Gasteiger partial charge in [-0.05, 0) is 20.4 Å². The number of rotatable bonds is 7. The maximum absolute atomic E-state index is 11.7. The topological polar surface area (TPSA) is 32.8 Å². The van der Waals surface area contributed by atoms with Gasteiger partial charge in [-0.25, -0.2) is 0 Å². The van der Waals surface area contributed by atoms with Crippen LogP contribution in [0.25, 0.3) is 0 Å². The van der Waals surface area contributed by atoms with Gasteiger partial charge >= 0.3 is 5.97 Å². The molecule has 0 aromatic heterocycles. The highest BCUT2D eigenvalue weighted by Gasteiger charge is 2.24. The van der Waals surface area contributed by atoms with Crippen LogP contribution in [-0.4, -0.2) is 61.6 Å². The molecule has 1 unspecified atom stereocenters. The molecule has 1 rings (SSSR count). The molecule has 0 radical (unpaired) electrons. The van der Waals surface area contributed by atoms with E-state index < -0.39 is 0 Å². The summed E-state index contributed by atoms with van der Waals surface area (Å²) in [5.74, 6) is -0.0440. The number of carbonyl (C=O) groups is 1. The van der Waals surface area contributed by atoms with Crippen LogP contribution in [0.3, 0.4) is 0 Å². The number of ether oxygens (including phenoxy) is 1. The fraction of sp³-hybridized carbons (Fsp3) is 0.929. The van der Waals surface area contributed by atoms with E-state index in [4.69, 9.17) is 4.74 Å². The summed E-state index contributed by atoms with van der Waals surface area (Å²) >= 11 is 0. The molecule has 1 atom stereocenters. The molecule has 0 aromatic rings. The van der Waals surface area contributed by atoms with Crippen LogP contribution in [0.2, 0.25) is 0 Å². The van der Waals surface area contributed by atoms with E-state index >= 15 is 0 Å². The summed E-state index contributed by atoms with van der Waals surface area (Å²) in [5, 5.41) is 0. The molecule has 1 aliphatic heterocycles. The van der Waals surface area contributed by atoms with Gasteiger partial charge in [-0.2, -0.15) is 0 Å². The molecule has 1 fully saturated rings. The molecule has 1 heterocycles.